The lowest BCUT2D eigenvalue weighted by Crippen LogP contribution is -2.17. The van der Waals surface area contributed by atoms with Crippen molar-refractivity contribution in [1.82, 2.24) is 5.32 Å². The fourth-order valence-corrected chi connectivity index (χ4v) is 2.27. The highest BCUT2D eigenvalue weighted by Crippen LogP contribution is 2.30. The number of hydrogen-bond acceptors (Lipinski definition) is 4. The van der Waals surface area contributed by atoms with Crippen molar-refractivity contribution in [3.05, 3.63) is 47.4 Å². The second kappa shape index (κ2) is 6.01. The summed E-state index contributed by atoms with van der Waals surface area (Å²) in [6, 6.07) is 10.1. The van der Waals surface area contributed by atoms with Crippen LogP contribution in [0.25, 0.3) is 0 Å². The predicted molar refractivity (Wildman–Crippen MR) is 76.3 cm³/mol. The van der Waals surface area contributed by atoms with Gasteiger partial charge in [-0.2, -0.15) is 0 Å². The van der Waals surface area contributed by atoms with E-state index in [1.807, 2.05) is 25.1 Å². The molecule has 0 bridgehead atoms. The van der Waals surface area contributed by atoms with E-state index in [1.165, 1.54) is 5.56 Å². The Kier molecular flexibility index (Phi) is 3.92. The van der Waals surface area contributed by atoms with Crippen LogP contribution in [0.2, 0.25) is 0 Å². The van der Waals surface area contributed by atoms with Crippen molar-refractivity contribution in [2.75, 3.05) is 19.8 Å². The molecule has 0 radical (unpaired) electrons. The van der Waals surface area contributed by atoms with Crippen LogP contribution in [0.4, 0.5) is 0 Å². The molecule has 2 heterocycles. The molecule has 0 amide bonds. The van der Waals surface area contributed by atoms with E-state index in [1.54, 1.807) is 0 Å². The zero-order valence-electron chi connectivity index (χ0n) is 11.6. The minimum atomic E-state index is 0.631. The molecule has 1 aromatic carbocycles. The van der Waals surface area contributed by atoms with Gasteiger partial charge >= 0.3 is 0 Å². The highest BCUT2D eigenvalue weighted by Gasteiger charge is 2.11. The first kappa shape index (κ1) is 13.1. The number of fused-ring (bicyclic) bond motifs is 1. The second-order valence-corrected chi connectivity index (χ2v) is 4.92. The maximum atomic E-state index is 5.58. The van der Waals surface area contributed by atoms with Crippen molar-refractivity contribution < 1.29 is 13.9 Å². The molecule has 0 saturated carbocycles. The van der Waals surface area contributed by atoms with Gasteiger partial charge in [-0.3, -0.25) is 0 Å². The van der Waals surface area contributed by atoms with E-state index < -0.39 is 0 Å². The first-order chi connectivity index (χ1) is 9.81. The monoisotopic (exact) mass is 273 g/mol. The lowest BCUT2D eigenvalue weighted by atomic mass is 10.1. The molecule has 106 valence electrons. The van der Waals surface area contributed by atoms with E-state index in [2.05, 4.69) is 17.4 Å². The van der Waals surface area contributed by atoms with Crippen molar-refractivity contribution in [1.29, 1.82) is 0 Å². The van der Waals surface area contributed by atoms with Crippen molar-refractivity contribution in [3.8, 4) is 11.5 Å². The first-order valence-electron chi connectivity index (χ1n) is 6.96. The third-order valence-electron chi connectivity index (χ3n) is 3.29. The summed E-state index contributed by atoms with van der Waals surface area (Å²) in [6.07, 6.45) is 0.955. The summed E-state index contributed by atoms with van der Waals surface area (Å²) in [5.41, 5.74) is 1.25. The summed E-state index contributed by atoms with van der Waals surface area (Å²) in [7, 11) is 0. The Morgan fingerprint density at radius 3 is 2.70 bits per heavy atom. The average molecular weight is 273 g/mol. The molecule has 4 nitrogen and oxygen atoms in total. The Balaban J connectivity index is 1.48. The van der Waals surface area contributed by atoms with Gasteiger partial charge in [0.15, 0.2) is 11.5 Å². The molecule has 0 unspecified atom stereocenters. The van der Waals surface area contributed by atoms with Gasteiger partial charge in [0.1, 0.15) is 24.7 Å². The molecule has 0 spiro atoms. The molecule has 0 fully saturated rings. The lowest BCUT2D eigenvalue weighted by molar-refractivity contribution is 0.171. The van der Waals surface area contributed by atoms with E-state index in [-0.39, 0.29) is 0 Å². The van der Waals surface area contributed by atoms with Crippen LogP contribution in [0, 0.1) is 6.92 Å². The molecular formula is C16H19NO3. The van der Waals surface area contributed by atoms with Crippen LogP contribution >= 0.6 is 0 Å². The molecule has 20 heavy (non-hydrogen) atoms. The van der Waals surface area contributed by atoms with Crippen LogP contribution < -0.4 is 14.8 Å². The SMILES string of the molecule is Cc1ccc(CNCCc2ccc3c(c2)OCCO3)o1. The van der Waals surface area contributed by atoms with Gasteiger partial charge in [-0.05, 0) is 49.7 Å². The van der Waals surface area contributed by atoms with E-state index in [9.17, 15) is 0 Å². The van der Waals surface area contributed by atoms with Crippen LogP contribution in [0.1, 0.15) is 17.1 Å². The number of nitrogens with one attached hydrogen (secondary N) is 1. The van der Waals surface area contributed by atoms with Gasteiger partial charge in [-0.1, -0.05) is 6.07 Å². The highest BCUT2D eigenvalue weighted by atomic mass is 16.6. The lowest BCUT2D eigenvalue weighted by Gasteiger charge is -2.18. The summed E-state index contributed by atoms with van der Waals surface area (Å²) >= 11 is 0. The molecule has 0 atom stereocenters. The Hall–Kier alpha value is -1.94. The van der Waals surface area contributed by atoms with Gasteiger partial charge in [-0.15, -0.1) is 0 Å². The zero-order chi connectivity index (χ0) is 13.8. The maximum Gasteiger partial charge on any atom is 0.161 e. The average Bonchev–Trinajstić information content (AvgIpc) is 2.89. The Morgan fingerprint density at radius 1 is 1.05 bits per heavy atom. The molecule has 0 aliphatic carbocycles. The highest BCUT2D eigenvalue weighted by molar-refractivity contribution is 5.43. The fourth-order valence-electron chi connectivity index (χ4n) is 2.27. The molecule has 3 rings (SSSR count). The molecule has 4 heteroatoms. The topological polar surface area (TPSA) is 43.6 Å². The van der Waals surface area contributed by atoms with Gasteiger partial charge in [-0.25, -0.2) is 0 Å². The number of furan rings is 1. The number of hydrogen-bond donors (Lipinski definition) is 1. The second-order valence-electron chi connectivity index (χ2n) is 4.92. The summed E-state index contributed by atoms with van der Waals surface area (Å²) in [5.74, 6) is 3.63. The first-order valence-corrected chi connectivity index (χ1v) is 6.96. The summed E-state index contributed by atoms with van der Waals surface area (Å²) in [5, 5.41) is 3.38. The van der Waals surface area contributed by atoms with Crippen LogP contribution in [-0.2, 0) is 13.0 Å². The summed E-state index contributed by atoms with van der Waals surface area (Å²) in [4.78, 5) is 0. The zero-order valence-corrected chi connectivity index (χ0v) is 11.6. The van der Waals surface area contributed by atoms with Crippen LogP contribution in [-0.4, -0.2) is 19.8 Å². The molecule has 2 aromatic rings. The molecule has 1 aliphatic rings. The summed E-state index contributed by atoms with van der Waals surface area (Å²) < 4.78 is 16.6. The summed E-state index contributed by atoms with van der Waals surface area (Å²) in [6.45, 7) is 4.89. The van der Waals surface area contributed by atoms with Gasteiger partial charge in [0.25, 0.3) is 0 Å². The molecule has 1 aromatic heterocycles. The predicted octanol–water partition coefficient (Wildman–Crippen LogP) is 2.69. The third-order valence-corrected chi connectivity index (χ3v) is 3.29. The van der Waals surface area contributed by atoms with Crippen molar-refractivity contribution in [3.63, 3.8) is 0 Å². The van der Waals surface area contributed by atoms with Crippen molar-refractivity contribution in [2.24, 2.45) is 0 Å². The van der Waals surface area contributed by atoms with Crippen LogP contribution in [0.5, 0.6) is 11.5 Å². The van der Waals surface area contributed by atoms with Crippen LogP contribution in [0.3, 0.4) is 0 Å². The number of ether oxygens (including phenoxy) is 2. The minimum Gasteiger partial charge on any atom is -0.486 e. The minimum absolute atomic E-state index is 0.631. The Labute approximate surface area is 118 Å². The molecule has 1 N–H and O–H groups in total. The third kappa shape index (κ3) is 3.14. The normalized spacial score (nSPS) is 13.4. The van der Waals surface area contributed by atoms with Gasteiger partial charge in [0, 0.05) is 0 Å². The number of rotatable bonds is 5. The van der Waals surface area contributed by atoms with Gasteiger partial charge in [0.2, 0.25) is 0 Å². The van der Waals surface area contributed by atoms with Gasteiger partial charge in [0.05, 0.1) is 6.54 Å². The quantitative estimate of drug-likeness (QED) is 0.851. The maximum absolute atomic E-state index is 5.58. The standard InChI is InChI=1S/C16H19NO3/c1-12-2-4-14(20-12)11-17-7-6-13-3-5-15-16(10-13)19-9-8-18-15/h2-5,10,17H,6-9,11H2,1H3. The van der Waals surface area contributed by atoms with E-state index in [0.717, 1.165) is 42.5 Å². The fraction of sp³-hybridized carbons (Fsp3) is 0.375. The van der Waals surface area contributed by atoms with Crippen molar-refractivity contribution in [2.45, 2.75) is 19.9 Å². The number of aryl methyl sites for hydroxylation is 1. The van der Waals surface area contributed by atoms with E-state index in [0.29, 0.717) is 13.2 Å². The van der Waals surface area contributed by atoms with E-state index in [4.69, 9.17) is 13.9 Å². The van der Waals surface area contributed by atoms with Gasteiger partial charge < -0.3 is 19.2 Å². The number of benzene rings is 1. The Bertz CT molecular complexity index is 577. The van der Waals surface area contributed by atoms with Crippen LogP contribution in [0.15, 0.2) is 34.7 Å². The van der Waals surface area contributed by atoms with Crippen molar-refractivity contribution >= 4 is 0 Å². The molecular weight excluding hydrogens is 254 g/mol. The largest absolute Gasteiger partial charge is 0.486 e. The smallest absolute Gasteiger partial charge is 0.161 e. The van der Waals surface area contributed by atoms with E-state index >= 15 is 0 Å². The Morgan fingerprint density at radius 2 is 1.90 bits per heavy atom. The molecule has 0 saturated heterocycles. The molecule has 1 aliphatic heterocycles.